The average Bonchev–Trinajstić information content (AvgIpc) is 2.96. The Bertz CT molecular complexity index is 1720. The lowest BCUT2D eigenvalue weighted by molar-refractivity contribution is 0.0731. The fourth-order valence-electron chi connectivity index (χ4n) is 3.90. The quantitative estimate of drug-likeness (QED) is 0.127. The summed E-state index contributed by atoms with van der Waals surface area (Å²) in [6, 6.07) is 27.0. The summed E-state index contributed by atoms with van der Waals surface area (Å²) >= 11 is 6.33. The van der Waals surface area contributed by atoms with Crippen LogP contribution in [0.5, 0.6) is 11.5 Å². The lowest BCUT2D eigenvalue weighted by Crippen LogP contribution is -2.22. The molecule has 0 bridgehead atoms. The van der Waals surface area contributed by atoms with E-state index in [4.69, 9.17) is 21.1 Å². The van der Waals surface area contributed by atoms with Crippen molar-refractivity contribution in [3.8, 4) is 17.2 Å². The number of anilines is 1. The standard InChI is InChI=1S/C29H21ClN4O4/c1-37-25-14-8-7-13-22(25)29(36)38-26-16-15-19-9-5-6-12-21(19)23(26)17-31-33-24-18-32-34(28(35)27(24)30)20-10-3-2-4-11-20/h2-18,33H,1H3. The summed E-state index contributed by atoms with van der Waals surface area (Å²) in [5.41, 5.74) is 3.95. The fraction of sp³-hybridized carbons (Fsp3) is 0.0345. The van der Waals surface area contributed by atoms with Gasteiger partial charge in [-0.25, -0.2) is 4.79 Å². The van der Waals surface area contributed by atoms with E-state index in [0.717, 1.165) is 10.8 Å². The lowest BCUT2D eigenvalue weighted by atomic mass is 10.0. The molecule has 0 amide bonds. The molecule has 0 atom stereocenters. The van der Waals surface area contributed by atoms with Gasteiger partial charge in [-0.05, 0) is 41.1 Å². The second-order valence-corrected chi connectivity index (χ2v) is 8.46. The van der Waals surface area contributed by atoms with Crippen molar-refractivity contribution >= 4 is 40.2 Å². The molecule has 0 saturated heterocycles. The van der Waals surface area contributed by atoms with Crippen LogP contribution in [0.1, 0.15) is 15.9 Å². The summed E-state index contributed by atoms with van der Waals surface area (Å²) in [4.78, 5) is 25.8. The summed E-state index contributed by atoms with van der Waals surface area (Å²) in [6.45, 7) is 0. The number of ether oxygens (including phenoxy) is 2. The highest BCUT2D eigenvalue weighted by atomic mass is 35.5. The number of hydrogen-bond donors (Lipinski definition) is 1. The Balaban J connectivity index is 1.46. The van der Waals surface area contributed by atoms with E-state index in [1.165, 1.54) is 24.2 Å². The van der Waals surface area contributed by atoms with Gasteiger partial charge in [0, 0.05) is 5.56 Å². The van der Waals surface area contributed by atoms with E-state index in [1.54, 1.807) is 54.6 Å². The number of benzene rings is 4. The normalized spacial score (nSPS) is 11.0. The number of carbonyl (C=O) groups is 1. The molecule has 0 aliphatic rings. The third-order valence-electron chi connectivity index (χ3n) is 5.76. The first-order valence-electron chi connectivity index (χ1n) is 11.6. The van der Waals surface area contributed by atoms with Gasteiger partial charge < -0.3 is 9.47 Å². The molecular formula is C29H21ClN4O4. The van der Waals surface area contributed by atoms with E-state index in [2.05, 4.69) is 15.6 Å². The first-order valence-corrected chi connectivity index (χ1v) is 11.9. The van der Waals surface area contributed by atoms with Gasteiger partial charge in [0.2, 0.25) is 0 Å². The van der Waals surface area contributed by atoms with Crippen LogP contribution >= 0.6 is 11.6 Å². The number of para-hydroxylation sites is 2. The number of hydrazone groups is 1. The van der Waals surface area contributed by atoms with Crippen LogP contribution in [0.15, 0.2) is 107 Å². The minimum Gasteiger partial charge on any atom is -0.496 e. The molecule has 0 spiro atoms. The van der Waals surface area contributed by atoms with Crippen molar-refractivity contribution in [2.75, 3.05) is 12.5 Å². The van der Waals surface area contributed by atoms with Crippen LogP contribution in [0.3, 0.4) is 0 Å². The van der Waals surface area contributed by atoms with Crippen molar-refractivity contribution in [2.24, 2.45) is 5.10 Å². The third kappa shape index (κ3) is 4.98. The van der Waals surface area contributed by atoms with Crippen LogP contribution in [0.4, 0.5) is 5.69 Å². The molecule has 9 heteroatoms. The van der Waals surface area contributed by atoms with E-state index < -0.39 is 11.5 Å². The Morgan fingerprint density at radius 1 is 0.947 bits per heavy atom. The number of methoxy groups -OCH3 is 1. The van der Waals surface area contributed by atoms with Crippen molar-refractivity contribution in [1.82, 2.24) is 9.78 Å². The van der Waals surface area contributed by atoms with Crippen LogP contribution in [0.25, 0.3) is 16.5 Å². The highest BCUT2D eigenvalue weighted by Gasteiger charge is 2.17. The maximum atomic E-state index is 13.0. The Morgan fingerprint density at radius 3 is 2.50 bits per heavy atom. The molecule has 5 aromatic rings. The zero-order chi connectivity index (χ0) is 26.5. The summed E-state index contributed by atoms with van der Waals surface area (Å²) in [6.07, 6.45) is 2.92. The van der Waals surface area contributed by atoms with Gasteiger partial charge in [0.25, 0.3) is 5.56 Å². The smallest absolute Gasteiger partial charge is 0.347 e. The maximum Gasteiger partial charge on any atom is 0.347 e. The Hall–Kier alpha value is -4.95. The average molecular weight is 525 g/mol. The van der Waals surface area contributed by atoms with Crippen molar-refractivity contribution in [3.05, 3.63) is 124 Å². The number of aromatic nitrogens is 2. The van der Waals surface area contributed by atoms with Crippen molar-refractivity contribution < 1.29 is 14.3 Å². The Kier molecular flexibility index (Phi) is 7.15. The van der Waals surface area contributed by atoms with Crippen LogP contribution in [0.2, 0.25) is 5.02 Å². The van der Waals surface area contributed by atoms with E-state index in [-0.39, 0.29) is 10.7 Å². The fourth-order valence-corrected chi connectivity index (χ4v) is 4.07. The minimum absolute atomic E-state index is 0.0678. The molecule has 1 N–H and O–H groups in total. The predicted molar refractivity (Wildman–Crippen MR) is 148 cm³/mol. The zero-order valence-electron chi connectivity index (χ0n) is 20.2. The molecule has 38 heavy (non-hydrogen) atoms. The molecule has 1 aromatic heterocycles. The van der Waals surface area contributed by atoms with Gasteiger partial charge in [-0.2, -0.15) is 14.9 Å². The van der Waals surface area contributed by atoms with Gasteiger partial charge in [-0.15, -0.1) is 0 Å². The van der Waals surface area contributed by atoms with Gasteiger partial charge in [-0.3, -0.25) is 10.2 Å². The lowest BCUT2D eigenvalue weighted by Gasteiger charge is -2.12. The molecule has 0 aliphatic carbocycles. The number of carbonyl (C=O) groups excluding carboxylic acids is 1. The highest BCUT2D eigenvalue weighted by molar-refractivity contribution is 6.33. The summed E-state index contributed by atoms with van der Waals surface area (Å²) < 4.78 is 12.3. The second kappa shape index (κ2) is 11.0. The number of halogens is 1. The van der Waals surface area contributed by atoms with E-state index in [9.17, 15) is 9.59 Å². The maximum absolute atomic E-state index is 13.0. The molecule has 1 heterocycles. The van der Waals surface area contributed by atoms with E-state index in [0.29, 0.717) is 28.3 Å². The van der Waals surface area contributed by atoms with Gasteiger partial charge >= 0.3 is 5.97 Å². The van der Waals surface area contributed by atoms with Gasteiger partial charge in [0.15, 0.2) is 0 Å². The summed E-state index contributed by atoms with van der Waals surface area (Å²) in [7, 11) is 1.49. The second-order valence-electron chi connectivity index (χ2n) is 8.08. The summed E-state index contributed by atoms with van der Waals surface area (Å²) in [5.74, 6) is 0.133. The number of hydrogen-bond acceptors (Lipinski definition) is 7. The molecule has 188 valence electrons. The van der Waals surface area contributed by atoms with Crippen molar-refractivity contribution in [2.45, 2.75) is 0 Å². The number of fused-ring (bicyclic) bond motifs is 1. The molecule has 4 aromatic carbocycles. The van der Waals surface area contributed by atoms with Crippen molar-refractivity contribution in [1.29, 1.82) is 0 Å². The van der Waals surface area contributed by atoms with E-state index in [1.807, 2.05) is 36.4 Å². The minimum atomic E-state index is -0.572. The van der Waals surface area contributed by atoms with Crippen LogP contribution in [-0.4, -0.2) is 29.1 Å². The van der Waals surface area contributed by atoms with Crippen molar-refractivity contribution in [3.63, 3.8) is 0 Å². The zero-order valence-corrected chi connectivity index (χ0v) is 20.9. The van der Waals surface area contributed by atoms with Crippen LogP contribution < -0.4 is 20.5 Å². The number of nitrogens with one attached hydrogen (secondary N) is 1. The number of rotatable bonds is 7. The summed E-state index contributed by atoms with van der Waals surface area (Å²) in [5, 5.41) is 10.1. The molecule has 5 rings (SSSR count). The Labute approximate surface area is 222 Å². The molecule has 0 saturated carbocycles. The predicted octanol–water partition coefficient (Wildman–Crippen LogP) is 5.71. The largest absolute Gasteiger partial charge is 0.496 e. The molecule has 8 nitrogen and oxygen atoms in total. The van der Waals surface area contributed by atoms with Gasteiger partial charge in [0.05, 0.1) is 25.2 Å². The van der Waals surface area contributed by atoms with E-state index >= 15 is 0 Å². The third-order valence-corrected chi connectivity index (χ3v) is 6.12. The number of esters is 1. The van der Waals surface area contributed by atoms with Crippen LogP contribution in [-0.2, 0) is 0 Å². The van der Waals surface area contributed by atoms with Crippen LogP contribution in [0, 0.1) is 0 Å². The first kappa shape index (κ1) is 24.7. The first-order chi connectivity index (χ1) is 18.6. The van der Waals surface area contributed by atoms with Gasteiger partial charge in [-0.1, -0.05) is 72.3 Å². The van der Waals surface area contributed by atoms with Gasteiger partial charge in [0.1, 0.15) is 27.8 Å². The molecule has 0 radical (unpaired) electrons. The molecule has 0 aliphatic heterocycles. The number of nitrogens with zero attached hydrogens (tertiary/aromatic N) is 3. The SMILES string of the molecule is COc1ccccc1C(=O)Oc1ccc2ccccc2c1C=NNc1cnn(-c2ccccc2)c(=O)c1Cl. The molecule has 0 fully saturated rings. The molecule has 0 unspecified atom stereocenters. The Morgan fingerprint density at radius 2 is 1.68 bits per heavy atom. The highest BCUT2D eigenvalue weighted by Crippen LogP contribution is 2.29. The topological polar surface area (TPSA) is 94.8 Å². The molecular weight excluding hydrogens is 504 g/mol. The monoisotopic (exact) mass is 524 g/mol.